The largest absolute Gasteiger partial charge is 0.366 e. The van der Waals surface area contributed by atoms with Gasteiger partial charge in [-0.1, -0.05) is 30.3 Å². The van der Waals surface area contributed by atoms with Crippen LogP contribution >= 0.6 is 0 Å². The number of fused-ring (bicyclic) bond motifs is 1. The smallest absolute Gasteiger partial charge is 0.248 e. The first-order valence-corrected chi connectivity index (χ1v) is 9.13. The minimum atomic E-state index is -0.426. The maximum absolute atomic E-state index is 11.3. The summed E-state index contributed by atoms with van der Waals surface area (Å²) in [6, 6.07) is 15.5. The molecule has 0 saturated heterocycles. The SMILES string of the molecule is CCNC(=NCc1cccc(C(N)=O)c1)NCCc1c[nH]c2ccccc12. The van der Waals surface area contributed by atoms with E-state index in [9.17, 15) is 4.79 Å². The fraction of sp³-hybridized carbons (Fsp3) is 0.238. The van der Waals surface area contributed by atoms with Crippen LogP contribution in [0.3, 0.4) is 0 Å². The number of benzene rings is 2. The van der Waals surface area contributed by atoms with E-state index in [0.29, 0.717) is 12.1 Å². The number of aromatic nitrogens is 1. The highest BCUT2D eigenvalue weighted by atomic mass is 16.1. The molecule has 0 unspecified atom stereocenters. The van der Waals surface area contributed by atoms with Gasteiger partial charge in [0.1, 0.15) is 0 Å². The molecule has 1 heterocycles. The van der Waals surface area contributed by atoms with E-state index in [0.717, 1.165) is 36.6 Å². The highest BCUT2D eigenvalue weighted by molar-refractivity contribution is 5.92. The number of hydrogen-bond donors (Lipinski definition) is 4. The highest BCUT2D eigenvalue weighted by Crippen LogP contribution is 2.17. The molecule has 2 aromatic carbocycles. The number of nitrogens with one attached hydrogen (secondary N) is 3. The predicted molar refractivity (Wildman–Crippen MR) is 110 cm³/mol. The Morgan fingerprint density at radius 1 is 1.15 bits per heavy atom. The topological polar surface area (TPSA) is 95.3 Å². The summed E-state index contributed by atoms with van der Waals surface area (Å²) < 4.78 is 0. The van der Waals surface area contributed by atoms with Crippen molar-refractivity contribution in [1.82, 2.24) is 15.6 Å². The van der Waals surface area contributed by atoms with E-state index in [4.69, 9.17) is 5.73 Å². The maximum atomic E-state index is 11.3. The van der Waals surface area contributed by atoms with E-state index in [1.807, 2.05) is 25.1 Å². The van der Waals surface area contributed by atoms with Crippen LogP contribution in [0.15, 0.2) is 59.7 Å². The Balaban J connectivity index is 1.60. The zero-order valence-corrected chi connectivity index (χ0v) is 15.5. The summed E-state index contributed by atoms with van der Waals surface area (Å²) in [6.07, 6.45) is 2.96. The number of guanidine groups is 1. The number of aromatic amines is 1. The van der Waals surface area contributed by atoms with Crippen molar-refractivity contribution < 1.29 is 4.79 Å². The number of nitrogens with zero attached hydrogens (tertiary/aromatic N) is 1. The van der Waals surface area contributed by atoms with E-state index in [1.165, 1.54) is 10.9 Å². The molecule has 0 radical (unpaired) electrons. The summed E-state index contributed by atoms with van der Waals surface area (Å²) >= 11 is 0. The Morgan fingerprint density at radius 3 is 2.81 bits per heavy atom. The first kappa shape index (κ1) is 18.5. The van der Waals surface area contributed by atoms with Crippen LogP contribution in [0.25, 0.3) is 10.9 Å². The van der Waals surface area contributed by atoms with Gasteiger partial charge >= 0.3 is 0 Å². The summed E-state index contributed by atoms with van der Waals surface area (Å²) in [4.78, 5) is 19.2. The quantitative estimate of drug-likeness (QED) is 0.384. The summed E-state index contributed by atoms with van der Waals surface area (Å²) in [6.45, 7) is 4.06. The average Bonchev–Trinajstić information content (AvgIpc) is 3.09. The van der Waals surface area contributed by atoms with E-state index in [1.54, 1.807) is 12.1 Å². The first-order chi connectivity index (χ1) is 13.2. The summed E-state index contributed by atoms with van der Waals surface area (Å²) in [7, 11) is 0. The maximum Gasteiger partial charge on any atom is 0.248 e. The molecule has 1 amide bonds. The van der Waals surface area contributed by atoms with Crippen molar-refractivity contribution in [2.75, 3.05) is 13.1 Å². The van der Waals surface area contributed by atoms with E-state index < -0.39 is 5.91 Å². The van der Waals surface area contributed by atoms with Crippen molar-refractivity contribution in [3.05, 3.63) is 71.4 Å². The minimum Gasteiger partial charge on any atom is -0.366 e. The van der Waals surface area contributed by atoms with Gasteiger partial charge in [0.2, 0.25) is 5.91 Å². The molecule has 0 saturated carbocycles. The molecule has 0 aliphatic heterocycles. The lowest BCUT2D eigenvalue weighted by Gasteiger charge is -2.11. The fourth-order valence-electron chi connectivity index (χ4n) is 2.99. The van der Waals surface area contributed by atoms with Crippen LogP contribution in [0.2, 0.25) is 0 Å². The molecule has 0 bridgehead atoms. The first-order valence-electron chi connectivity index (χ1n) is 9.13. The second-order valence-electron chi connectivity index (χ2n) is 6.30. The molecule has 0 spiro atoms. The standard InChI is InChI=1S/C21H25N5O/c1-2-23-21(26-13-15-6-5-7-16(12-15)20(22)27)24-11-10-17-14-25-19-9-4-3-8-18(17)19/h3-9,12,14,25H,2,10-11,13H2,1H3,(H2,22,27)(H2,23,24,26). The van der Waals surface area contributed by atoms with Gasteiger partial charge in [0.15, 0.2) is 5.96 Å². The zero-order chi connectivity index (χ0) is 19.1. The highest BCUT2D eigenvalue weighted by Gasteiger charge is 2.04. The number of hydrogen-bond acceptors (Lipinski definition) is 2. The molecule has 3 rings (SSSR count). The molecule has 3 aromatic rings. The Hall–Kier alpha value is -3.28. The average molecular weight is 363 g/mol. The zero-order valence-electron chi connectivity index (χ0n) is 15.5. The van der Waals surface area contributed by atoms with Crippen LogP contribution in [0.4, 0.5) is 0 Å². The Kier molecular flexibility index (Phi) is 6.10. The van der Waals surface area contributed by atoms with Gasteiger partial charge < -0.3 is 21.4 Å². The van der Waals surface area contributed by atoms with Crippen LogP contribution in [0.5, 0.6) is 0 Å². The van der Waals surface area contributed by atoms with Gasteiger partial charge in [-0.2, -0.15) is 0 Å². The Morgan fingerprint density at radius 2 is 2.00 bits per heavy atom. The lowest BCUT2D eigenvalue weighted by atomic mass is 10.1. The lowest BCUT2D eigenvalue weighted by molar-refractivity contribution is 0.1000. The summed E-state index contributed by atoms with van der Waals surface area (Å²) in [5.74, 6) is 0.325. The van der Waals surface area contributed by atoms with Gasteiger partial charge in [-0.25, -0.2) is 4.99 Å². The van der Waals surface area contributed by atoms with Crippen LogP contribution in [0.1, 0.15) is 28.4 Å². The predicted octanol–water partition coefficient (Wildman–Crippen LogP) is 2.56. The second-order valence-corrected chi connectivity index (χ2v) is 6.30. The number of para-hydroxylation sites is 1. The molecule has 6 nitrogen and oxygen atoms in total. The number of primary amides is 1. The molecule has 27 heavy (non-hydrogen) atoms. The summed E-state index contributed by atoms with van der Waals surface area (Å²) in [5.41, 5.74) is 9.22. The molecular formula is C21H25N5O. The van der Waals surface area contributed by atoms with Crippen molar-refractivity contribution in [2.45, 2.75) is 19.9 Å². The third kappa shape index (κ3) is 4.88. The molecule has 1 aromatic heterocycles. The number of carbonyl (C=O) groups excluding carboxylic acids is 1. The number of rotatable bonds is 7. The van der Waals surface area contributed by atoms with Gasteiger partial charge in [-0.3, -0.25) is 4.79 Å². The van der Waals surface area contributed by atoms with Gasteiger partial charge in [0, 0.05) is 35.8 Å². The van der Waals surface area contributed by atoms with Crippen molar-refractivity contribution in [2.24, 2.45) is 10.7 Å². The number of amides is 1. The lowest BCUT2D eigenvalue weighted by Crippen LogP contribution is -2.38. The Bertz CT molecular complexity index is 944. The van der Waals surface area contributed by atoms with Gasteiger partial charge in [-0.05, 0) is 42.7 Å². The van der Waals surface area contributed by atoms with E-state index in [-0.39, 0.29) is 0 Å². The van der Waals surface area contributed by atoms with Crippen molar-refractivity contribution in [3.63, 3.8) is 0 Å². The third-order valence-corrected chi connectivity index (χ3v) is 4.34. The van der Waals surface area contributed by atoms with Crippen molar-refractivity contribution in [3.8, 4) is 0 Å². The molecule has 0 aliphatic rings. The Labute approximate surface area is 158 Å². The number of carbonyl (C=O) groups is 1. The van der Waals surface area contributed by atoms with Crippen LogP contribution in [-0.4, -0.2) is 29.9 Å². The molecule has 0 aliphatic carbocycles. The molecular weight excluding hydrogens is 338 g/mol. The second kappa shape index (κ2) is 8.89. The number of nitrogens with two attached hydrogens (primary N) is 1. The van der Waals surface area contributed by atoms with Crippen LogP contribution in [-0.2, 0) is 13.0 Å². The van der Waals surface area contributed by atoms with E-state index >= 15 is 0 Å². The van der Waals surface area contributed by atoms with Gasteiger partial charge in [-0.15, -0.1) is 0 Å². The monoisotopic (exact) mass is 363 g/mol. The van der Waals surface area contributed by atoms with Gasteiger partial charge in [0.25, 0.3) is 0 Å². The summed E-state index contributed by atoms with van der Waals surface area (Å²) in [5, 5.41) is 7.87. The molecule has 140 valence electrons. The van der Waals surface area contributed by atoms with Crippen LogP contribution in [0, 0.1) is 0 Å². The molecule has 5 N–H and O–H groups in total. The van der Waals surface area contributed by atoms with Crippen molar-refractivity contribution in [1.29, 1.82) is 0 Å². The molecule has 0 fully saturated rings. The number of H-pyrrole nitrogens is 1. The minimum absolute atomic E-state index is 0.426. The van der Waals surface area contributed by atoms with Gasteiger partial charge in [0.05, 0.1) is 6.54 Å². The molecule has 6 heteroatoms. The normalized spacial score (nSPS) is 11.5. The fourth-order valence-corrected chi connectivity index (χ4v) is 2.99. The van der Waals surface area contributed by atoms with E-state index in [2.05, 4.69) is 45.0 Å². The third-order valence-electron chi connectivity index (χ3n) is 4.34. The van der Waals surface area contributed by atoms with Crippen LogP contribution < -0.4 is 16.4 Å². The number of aliphatic imine (C=N–C) groups is 1. The molecule has 0 atom stereocenters. The van der Waals surface area contributed by atoms with Crippen molar-refractivity contribution >= 4 is 22.8 Å².